The van der Waals surface area contributed by atoms with Crippen molar-refractivity contribution < 1.29 is 4.79 Å². The van der Waals surface area contributed by atoms with Gasteiger partial charge in [-0.15, -0.1) is 11.3 Å². The van der Waals surface area contributed by atoms with Crippen LogP contribution < -0.4 is 5.32 Å². The van der Waals surface area contributed by atoms with Crippen LogP contribution in [0.25, 0.3) is 0 Å². The molecule has 0 aromatic carbocycles. The van der Waals surface area contributed by atoms with E-state index in [0.717, 1.165) is 29.2 Å². The molecule has 126 valence electrons. The number of nitrogens with zero attached hydrogens (tertiary/aromatic N) is 2. The van der Waals surface area contributed by atoms with Crippen LogP contribution in [0.3, 0.4) is 0 Å². The second kappa shape index (κ2) is 6.89. The van der Waals surface area contributed by atoms with Crippen molar-refractivity contribution in [2.75, 3.05) is 18.4 Å². The number of hydrogen-bond donors (Lipinski definition) is 1. The SMILES string of the molecule is O=C(C[C@H]1C[C@H]2CC[C@H]1C2)Nc1nc(CN2CCCCC2)cs1. The van der Waals surface area contributed by atoms with E-state index in [1.807, 2.05) is 0 Å². The second-order valence-electron chi connectivity index (χ2n) is 7.67. The molecule has 4 nitrogen and oxygen atoms in total. The highest BCUT2D eigenvalue weighted by Gasteiger charge is 2.40. The van der Waals surface area contributed by atoms with Gasteiger partial charge in [-0.3, -0.25) is 9.69 Å². The fourth-order valence-corrected chi connectivity index (χ4v) is 5.54. The van der Waals surface area contributed by atoms with Crippen molar-refractivity contribution in [2.24, 2.45) is 17.8 Å². The summed E-state index contributed by atoms with van der Waals surface area (Å²) in [5.41, 5.74) is 1.10. The van der Waals surface area contributed by atoms with Gasteiger partial charge in [-0.2, -0.15) is 0 Å². The van der Waals surface area contributed by atoms with Gasteiger partial charge in [0.25, 0.3) is 0 Å². The summed E-state index contributed by atoms with van der Waals surface area (Å²) < 4.78 is 0. The molecule has 0 spiro atoms. The van der Waals surface area contributed by atoms with Gasteiger partial charge in [0.05, 0.1) is 5.69 Å². The van der Waals surface area contributed by atoms with Gasteiger partial charge < -0.3 is 5.32 Å². The molecule has 4 rings (SSSR count). The van der Waals surface area contributed by atoms with E-state index in [-0.39, 0.29) is 5.91 Å². The Morgan fingerprint density at radius 3 is 2.87 bits per heavy atom. The number of carbonyl (C=O) groups is 1. The van der Waals surface area contributed by atoms with Gasteiger partial charge >= 0.3 is 0 Å². The molecular formula is C18H27N3OS. The first-order valence-corrected chi connectivity index (χ1v) is 10.1. The maximum absolute atomic E-state index is 12.3. The molecule has 2 aliphatic carbocycles. The molecule has 1 saturated heterocycles. The van der Waals surface area contributed by atoms with Crippen LogP contribution in [0.5, 0.6) is 0 Å². The van der Waals surface area contributed by atoms with Gasteiger partial charge in [0.15, 0.2) is 5.13 Å². The molecule has 0 unspecified atom stereocenters. The Morgan fingerprint density at radius 2 is 2.13 bits per heavy atom. The van der Waals surface area contributed by atoms with E-state index >= 15 is 0 Å². The summed E-state index contributed by atoms with van der Waals surface area (Å²) in [7, 11) is 0. The number of rotatable bonds is 5. The normalized spacial score (nSPS) is 30.7. The molecule has 1 aromatic rings. The minimum Gasteiger partial charge on any atom is -0.302 e. The molecule has 0 radical (unpaired) electrons. The van der Waals surface area contributed by atoms with Crippen LogP contribution in [-0.2, 0) is 11.3 Å². The van der Waals surface area contributed by atoms with Crippen molar-refractivity contribution in [3.63, 3.8) is 0 Å². The number of likely N-dealkylation sites (tertiary alicyclic amines) is 1. The van der Waals surface area contributed by atoms with Crippen LogP contribution in [0.15, 0.2) is 5.38 Å². The Hall–Kier alpha value is -0.940. The lowest BCUT2D eigenvalue weighted by Crippen LogP contribution is -2.29. The summed E-state index contributed by atoms with van der Waals surface area (Å²) >= 11 is 1.57. The molecule has 2 heterocycles. The topological polar surface area (TPSA) is 45.2 Å². The number of hydrogen-bond acceptors (Lipinski definition) is 4. The Kier molecular flexibility index (Phi) is 4.67. The zero-order chi connectivity index (χ0) is 15.6. The largest absolute Gasteiger partial charge is 0.302 e. The lowest BCUT2D eigenvalue weighted by Gasteiger charge is -2.25. The number of thiazole rings is 1. The number of carbonyl (C=O) groups excluding carboxylic acids is 1. The summed E-state index contributed by atoms with van der Waals surface area (Å²) in [6.07, 6.45) is 10.1. The van der Waals surface area contributed by atoms with Gasteiger partial charge in [-0.05, 0) is 62.9 Å². The maximum atomic E-state index is 12.3. The number of nitrogens with one attached hydrogen (secondary N) is 1. The smallest absolute Gasteiger partial charge is 0.226 e. The van der Waals surface area contributed by atoms with Crippen molar-refractivity contribution in [1.29, 1.82) is 0 Å². The molecule has 1 N–H and O–H groups in total. The average molecular weight is 334 g/mol. The molecular weight excluding hydrogens is 306 g/mol. The highest BCUT2D eigenvalue weighted by molar-refractivity contribution is 7.13. The Morgan fingerprint density at radius 1 is 1.26 bits per heavy atom. The minimum atomic E-state index is 0.168. The number of anilines is 1. The molecule has 1 aliphatic heterocycles. The Labute approximate surface area is 142 Å². The molecule has 1 amide bonds. The maximum Gasteiger partial charge on any atom is 0.226 e. The highest BCUT2D eigenvalue weighted by atomic mass is 32.1. The molecule has 3 aliphatic rings. The number of amides is 1. The first-order chi connectivity index (χ1) is 11.3. The average Bonchev–Trinajstić information content (AvgIpc) is 3.26. The van der Waals surface area contributed by atoms with Crippen LogP contribution in [0.2, 0.25) is 0 Å². The first-order valence-electron chi connectivity index (χ1n) is 9.23. The predicted octanol–water partition coefficient (Wildman–Crippen LogP) is 3.89. The van der Waals surface area contributed by atoms with Gasteiger partial charge in [0.2, 0.25) is 5.91 Å². The minimum absolute atomic E-state index is 0.168. The van der Waals surface area contributed by atoms with Crippen molar-refractivity contribution in [2.45, 2.75) is 57.9 Å². The summed E-state index contributed by atoms with van der Waals surface area (Å²) in [5.74, 6) is 2.52. The van der Waals surface area contributed by atoms with E-state index in [1.165, 1.54) is 58.0 Å². The summed E-state index contributed by atoms with van der Waals surface area (Å²) in [6, 6.07) is 0. The van der Waals surface area contributed by atoms with Gasteiger partial charge in [0, 0.05) is 18.3 Å². The molecule has 3 atom stereocenters. The summed E-state index contributed by atoms with van der Waals surface area (Å²) in [6.45, 7) is 3.30. The Bertz CT molecular complexity index is 552. The number of piperidine rings is 1. The van der Waals surface area contributed by atoms with Gasteiger partial charge in [0.1, 0.15) is 0 Å². The molecule has 3 fully saturated rings. The molecule has 1 aromatic heterocycles. The summed E-state index contributed by atoms with van der Waals surface area (Å²) in [4.78, 5) is 19.4. The quantitative estimate of drug-likeness (QED) is 0.889. The van der Waals surface area contributed by atoms with Crippen molar-refractivity contribution in [1.82, 2.24) is 9.88 Å². The van der Waals surface area contributed by atoms with Crippen LogP contribution in [0.1, 0.15) is 57.1 Å². The van der Waals surface area contributed by atoms with Crippen molar-refractivity contribution in [3.8, 4) is 0 Å². The van der Waals surface area contributed by atoms with E-state index in [9.17, 15) is 4.79 Å². The predicted molar refractivity (Wildman–Crippen MR) is 93.4 cm³/mol. The lowest BCUT2D eigenvalue weighted by atomic mass is 9.86. The van der Waals surface area contributed by atoms with E-state index in [1.54, 1.807) is 11.3 Å². The lowest BCUT2D eigenvalue weighted by molar-refractivity contribution is -0.117. The van der Waals surface area contributed by atoms with E-state index in [0.29, 0.717) is 12.3 Å². The molecule has 2 bridgehead atoms. The highest BCUT2D eigenvalue weighted by Crippen LogP contribution is 2.49. The second-order valence-corrected chi connectivity index (χ2v) is 8.53. The summed E-state index contributed by atoms with van der Waals surface area (Å²) in [5, 5.41) is 5.92. The van der Waals surface area contributed by atoms with E-state index in [4.69, 9.17) is 0 Å². The number of fused-ring (bicyclic) bond motifs is 2. The van der Waals surface area contributed by atoms with Crippen LogP contribution in [0, 0.1) is 17.8 Å². The van der Waals surface area contributed by atoms with Gasteiger partial charge in [-0.1, -0.05) is 12.8 Å². The van der Waals surface area contributed by atoms with Gasteiger partial charge in [-0.25, -0.2) is 4.98 Å². The van der Waals surface area contributed by atoms with Crippen molar-refractivity contribution >= 4 is 22.4 Å². The Balaban J connectivity index is 1.26. The molecule has 2 saturated carbocycles. The van der Waals surface area contributed by atoms with Crippen molar-refractivity contribution in [3.05, 3.63) is 11.1 Å². The van der Waals surface area contributed by atoms with E-state index in [2.05, 4.69) is 20.6 Å². The first kappa shape index (κ1) is 15.6. The van der Waals surface area contributed by atoms with E-state index < -0.39 is 0 Å². The zero-order valence-corrected chi connectivity index (χ0v) is 14.6. The third-order valence-electron chi connectivity index (χ3n) is 5.96. The number of aromatic nitrogens is 1. The van der Waals surface area contributed by atoms with Crippen LogP contribution in [0.4, 0.5) is 5.13 Å². The molecule has 23 heavy (non-hydrogen) atoms. The standard InChI is InChI=1S/C18H27N3OS/c22-17(10-15-9-13-4-5-14(15)8-13)20-18-19-16(12-23-18)11-21-6-2-1-3-7-21/h12-15H,1-11H2,(H,19,20,22)/t13-,14-,15+/m0/s1. The molecule has 5 heteroatoms. The fraction of sp³-hybridized carbons (Fsp3) is 0.778. The van der Waals surface area contributed by atoms with Crippen LogP contribution in [-0.4, -0.2) is 28.9 Å². The van der Waals surface area contributed by atoms with Crippen LogP contribution >= 0.6 is 11.3 Å². The third kappa shape index (κ3) is 3.77. The zero-order valence-electron chi connectivity index (χ0n) is 13.8. The monoisotopic (exact) mass is 333 g/mol. The third-order valence-corrected chi connectivity index (χ3v) is 6.77. The fourth-order valence-electron chi connectivity index (χ4n) is 4.82.